The van der Waals surface area contributed by atoms with E-state index in [1.165, 1.54) is 12.1 Å². The van der Waals surface area contributed by atoms with E-state index < -0.39 is 11.8 Å². The number of halogens is 5. The molecule has 1 rings (SSSR count). The quantitative estimate of drug-likeness (QED) is 0.814. The van der Waals surface area contributed by atoms with Crippen molar-refractivity contribution >= 4 is 31.9 Å². The Labute approximate surface area is 102 Å². The van der Waals surface area contributed by atoms with Gasteiger partial charge in [0.15, 0.2) is 5.60 Å². The van der Waals surface area contributed by atoms with Gasteiger partial charge in [-0.05, 0) is 30.7 Å². The summed E-state index contributed by atoms with van der Waals surface area (Å²) in [6.07, 6.45) is -4.70. The lowest BCUT2D eigenvalue weighted by molar-refractivity contribution is -0.258. The Morgan fingerprint density at radius 1 is 1.07 bits per heavy atom. The highest BCUT2D eigenvalue weighted by Gasteiger charge is 2.51. The highest BCUT2D eigenvalue weighted by Crippen LogP contribution is 2.40. The molecule has 1 unspecified atom stereocenters. The lowest BCUT2D eigenvalue weighted by Crippen LogP contribution is -2.39. The topological polar surface area (TPSA) is 20.2 Å². The van der Waals surface area contributed by atoms with Gasteiger partial charge in [-0.1, -0.05) is 31.9 Å². The molecule has 0 aliphatic carbocycles. The van der Waals surface area contributed by atoms with E-state index in [1.807, 2.05) is 0 Å². The van der Waals surface area contributed by atoms with Gasteiger partial charge in [0.2, 0.25) is 0 Å². The second-order valence-corrected chi connectivity index (χ2v) is 5.06. The average molecular weight is 348 g/mol. The summed E-state index contributed by atoms with van der Waals surface area (Å²) < 4.78 is 38.4. The van der Waals surface area contributed by atoms with Crippen LogP contribution in [-0.2, 0) is 5.60 Å². The number of benzene rings is 1. The fraction of sp³-hybridized carbons (Fsp3) is 0.333. The summed E-state index contributed by atoms with van der Waals surface area (Å²) in [5.41, 5.74) is -3.06. The third kappa shape index (κ3) is 2.73. The Hall–Kier alpha value is -0.0700. The van der Waals surface area contributed by atoms with Crippen molar-refractivity contribution in [2.24, 2.45) is 0 Å². The Kier molecular flexibility index (Phi) is 3.52. The van der Waals surface area contributed by atoms with Gasteiger partial charge in [-0.3, -0.25) is 0 Å². The lowest BCUT2D eigenvalue weighted by atomic mass is 9.96. The van der Waals surface area contributed by atoms with E-state index in [1.54, 1.807) is 6.07 Å². The molecule has 0 saturated heterocycles. The maximum absolute atomic E-state index is 12.5. The summed E-state index contributed by atoms with van der Waals surface area (Å²) in [4.78, 5) is 0. The van der Waals surface area contributed by atoms with Gasteiger partial charge >= 0.3 is 6.18 Å². The number of hydrogen-bond acceptors (Lipinski definition) is 1. The normalized spacial score (nSPS) is 16.2. The van der Waals surface area contributed by atoms with Gasteiger partial charge in [-0.25, -0.2) is 0 Å². The second kappa shape index (κ2) is 4.07. The SMILES string of the molecule is CC(O)(c1cc(Br)cc(Br)c1)C(F)(F)F. The summed E-state index contributed by atoms with van der Waals surface area (Å²) in [7, 11) is 0. The first-order valence-corrected chi connectivity index (χ1v) is 5.49. The van der Waals surface area contributed by atoms with Crippen LogP contribution in [0.4, 0.5) is 13.2 Å². The van der Waals surface area contributed by atoms with Crippen LogP contribution < -0.4 is 0 Å². The van der Waals surface area contributed by atoms with Crippen LogP contribution in [0, 0.1) is 0 Å². The zero-order chi connectivity index (χ0) is 11.9. The van der Waals surface area contributed by atoms with Gasteiger partial charge in [0.1, 0.15) is 0 Å². The van der Waals surface area contributed by atoms with E-state index in [0.717, 1.165) is 6.92 Å². The van der Waals surface area contributed by atoms with Crippen molar-refractivity contribution in [2.45, 2.75) is 18.7 Å². The molecular weight excluding hydrogens is 341 g/mol. The van der Waals surface area contributed by atoms with E-state index in [4.69, 9.17) is 0 Å². The predicted octanol–water partition coefficient (Wildman–Crippen LogP) is 3.98. The first-order valence-electron chi connectivity index (χ1n) is 3.90. The second-order valence-electron chi connectivity index (χ2n) is 3.23. The minimum absolute atomic E-state index is 0.212. The molecule has 1 aromatic carbocycles. The van der Waals surface area contributed by atoms with E-state index >= 15 is 0 Å². The lowest BCUT2D eigenvalue weighted by Gasteiger charge is -2.27. The van der Waals surface area contributed by atoms with Crippen molar-refractivity contribution in [3.05, 3.63) is 32.7 Å². The van der Waals surface area contributed by atoms with Crippen LogP contribution >= 0.6 is 31.9 Å². The molecular formula is C9H7Br2F3O. The highest BCUT2D eigenvalue weighted by molar-refractivity contribution is 9.11. The number of rotatable bonds is 1. The molecule has 0 fully saturated rings. The van der Waals surface area contributed by atoms with Gasteiger partial charge in [0, 0.05) is 8.95 Å². The minimum Gasteiger partial charge on any atom is -0.376 e. The van der Waals surface area contributed by atoms with Crippen LogP contribution in [-0.4, -0.2) is 11.3 Å². The zero-order valence-electron chi connectivity index (χ0n) is 7.57. The highest BCUT2D eigenvalue weighted by atomic mass is 79.9. The molecule has 15 heavy (non-hydrogen) atoms. The molecule has 84 valence electrons. The van der Waals surface area contributed by atoms with Crippen molar-refractivity contribution in [1.29, 1.82) is 0 Å². The smallest absolute Gasteiger partial charge is 0.376 e. The molecule has 1 atom stereocenters. The third-order valence-electron chi connectivity index (χ3n) is 1.98. The standard InChI is InChI=1S/C9H7Br2F3O/c1-8(15,9(12,13)14)5-2-6(10)4-7(11)3-5/h2-4,15H,1H3. The minimum atomic E-state index is -4.70. The van der Waals surface area contributed by atoms with Crippen LogP contribution in [0.2, 0.25) is 0 Å². The van der Waals surface area contributed by atoms with Crippen molar-refractivity contribution < 1.29 is 18.3 Å². The summed E-state index contributed by atoms with van der Waals surface area (Å²) in [5, 5.41) is 9.40. The van der Waals surface area contributed by atoms with Crippen molar-refractivity contribution in [1.82, 2.24) is 0 Å². The molecule has 1 aromatic rings. The van der Waals surface area contributed by atoms with E-state index in [0.29, 0.717) is 8.95 Å². The Bertz CT molecular complexity index is 354. The fourth-order valence-corrected chi connectivity index (χ4v) is 2.29. The maximum Gasteiger partial charge on any atom is 0.421 e. The summed E-state index contributed by atoms with van der Waals surface area (Å²) >= 11 is 6.13. The largest absolute Gasteiger partial charge is 0.421 e. The molecule has 1 nitrogen and oxygen atoms in total. The van der Waals surface area contributed by atoms with Crippen LogP contribution in [0.1, 0.15) is 12.5 Å². The Morgan fingerprint density at radius 3 is 1.80 bits per heavy atom. The van der Waals surface area contributed by atoms with E-state index in [2.05, 4.69) is 31.9 Å². The average Bonchev–Trinajstić information content (AvgIpc) is 1.99. The van der Waals surface area contributed by atoms with Gasteiger partial charge in [0.05, 0.1) is 0 Å². The van der Waals surface area contributed by atoms with Crippen LogP contribution in [0.3, 0.4) is 0 Å². The maximum atomic E-state index is 12.5. The molecule has 1 N–H and O–H groups in total. The first kappa shape index (κ1) is 13.0. The van der Waals surface area contributed by atoms with Crippen LogP contribution in [0.25, 0.3) is 0 Å². The molecule has 0 aliphatic heterocycles. The van der Waals surface area contributed by atoms with Gasteiger partial charge in [0.25, 0.3) is 0 Å². The van der Waals surface area contributed by atoms with Crippen molar-refractivity contribution in [2.75, 3.05) is 0 Å². The van der Waals surface area contributed by atoms with Gasteiger partial charge in [-0.2, -0.15) is 13.2 Å². The first-order chi connectivity index (χ1) is 6.64. The van der Waals surface area contributed by atoms with Crippen molar-refractivity contribution in [3.63, 3.8) is 0 Å². The van der Waals surface area contributed by atoms with Crippen LogP contribution in [0.5, 0.6) is 0 Å². The van der Waals surface area contributed by atoms with E-state index in [9.17, 15) is 18.3 Å². The third-order valence-corrected chi connectivity index (χ3v) is 2.89. The van der Waals surface area contributed by atoms with Gasteiger partial charge < -0.3 is 5.11 Å². The molecule has 0 radical (unpaired) electrons. The fourth-order valence-electron chi connectivity index (χ4n) is 0.999. The Balaban J connectivity index is 3.27. The molecule has 0 spiro atoms. The number of hydrogen-bond donors (Lipinski definition) is 1. The Morgan fingerprint density at radius 2 is 1.47 bits per heavy atom. The molecule has 0 heterocycles. The molecule has 0 amide bonds. The molecule has 0 aromatic heterocycles. The zero-order valence-corrected chi connectivity index (χ0v) is 10.7. The molecule has 0 aliphatic rings. The molecule has 0 bridgehead atoms. The van der Waals surface area contributed by atoms with Gasteiger partial charge in [-0.15, -0.1) is 0 Å². The summed E-state index contributed by atoms with van der Waals surface area (Å²) in [5.74, 6) is 0. The molecule has 0 saturated carbocycles. The summed E-state index contributed by atoms with van der Waals surface area (Å²) in [6, 6.07) is 4.06. The van der Waals surface area contributed by atoms with Crippen LogP contribution in [0.15, 0.2) is 27.1 Å². The number of alkyl halides is 3. The summed E-state index contributed by atoms with van der Waals surface area (Å²) in [6.45, 7) is 0.723. The molecule has 6 heteroatoms. The van der Waals surface area contributed by atoms with Crippen molar-refractivity contribution in [3.8, 4) is 0 Å². The number of aliphatic hydroxyl groups is 1. The van der Waals surface area contributed by atoms with E-state index in [-0.39, 0.29) is 5.56 Å². The predicted molar refractivity (Wildman–Crippen MR) is 57.5 cm³/mol. The monoisotopic (exact) mass is 346 g/mol.